The lowest BCUT2D eigenvalue weighted by Crippen LogP contribution is -2.18. The smallest absolute Gasteiger partial charge is 0.274 e. The van der Waals surface area contributed by atoms with E-state index in [0.29, 0.717) is 48.0 Å². The molecule has 0 saturated heterocycles. The molecule has 0 saturated carbocycles. The van der Waals surface area contributed by atoms with Crippen molar-refractivity contribution in [3.05, 3.63) is 35.7 Å². The molecule has 0 bridgehead atoms. The number of nitrogens with one attached hydrogen (secondary N) is 2. The number of fused-ring (bicyclic) bond motifs is 1. The predicted molar refractivity (Wildman–Crippen MR) is 100 cm³/mol. The molecule has 0 radical (unpaired) electrons. The highest BCUT2D eigenvalue weighted by Gasteiger charge is 2.15. The van der Waals surface area contributed by atoms with Gasteiger partial charge in [-0.1, -0.05) is 13.8 Å². The first-order valence-corrected chi connectivity index (χ1v) is 8.82. The van der Waals surface area contributed by atoms with E-state index in [4.69, 9.17) is 9.47 Å². The van der Waals surface area contributed by atoms with Crippen LogP contribution in [0, 0.1) is 12.8 Å². The van der Waals surface area contributed by atoms with Gasteiger partial charge in [-0.05, 0) is 37.5 Å². The minimum atomic E-state index is -0.293. The number of hydrogen-bond acceptors (Lipinski definition) is 6. The lowest BCUT2D eigenvalue weighted by molar-refractivity contribution is 0.102. The third kappa shape index (κ3) is 4.62. The van der Waals surface area contributed by atoms with Crippen molar-refractivity contribution in [2.45, 2.75) is 27.2 Å². The number of aryl methyl sites for hydroxylation is 1. The molecule has 2 aromatic rings. The molecule has 2 heterocycles. The second kappa shape index (κ2) is 8.03. The van der Waals surface area contributed by atoms with E-state index in [1.807, 2.05) is 6.92 Å². The second-order valence-electron chi connectivity index (χ2n) is 6.64. The third-order valence-corrected chi connectivity index (χ3v) is 3.89. The molecule has 0 spiro atoms. The van der Waals surface area contributed by atoms with Crippen LogP contribution in [0.3, 0.4) is 0 Å². The molecule has 0 atom stereocenters. The van der Waals surface area contributed by atoms with Crippen molar-refractivity contribution in [1.29, 1.82) is 0 Å². The quantitative estimate of drug-likeness (QED) is 0.826. The van der Waals surface area contributed by atoms with Gasteiger partial charge in [-0.2, -0.15) is 0 Å². The van der Waals surface area contributed by atoms with Crippen molar-refractivity contribution in [3.8, 4) is 11.5 Å². The Morgan fingerprint density at radius 1 is 1.15 bits per heavy atom. The molecule has 1 amide bonds. The van der Waals surface area contributed by atoms with E-state index < -0.39 is 0 Å². The van der Waals surface area contributed by atoms with E-state index in [-0.39, 0.29) is 5.91 Å². The zero-order valence-corrected chi connectivity index (χ0v) is 15.3. The van der Waals surface area contributed by atoms with Crippen LogP contribution in [0.25, 0.3) is 0 Å². The lowest BCUT2D eigenvalue weighted by atomic mass is 10.1. The summed E-state index contributed by atoms with van der Waals surface area (Å²) in [6.07, 6.45) is 1.01. The van der Waals surface area contributed by atoms with E-state index in [9.17, 15) is 4.79 Å². The van der Waals surface area contributed by atoms with Crippen LogP contribution < -0.4 is 20.1 Å². The summed E-state index contributed by atoms with van der Waals surface area (Å²) < 4.78 is 11.0. The van der Waals surface area contributed by atoms with Crippen molar-refractivity contribution in [1.82, 2.24) is 9.97 Å². The van der Waals surface area contributed by atoms with Crippen LogP contribution in [0.4, 0.5) is 11.6 Å². The molecule has 3 rings (SSSR count). The van der Waals surface area contributed by atoms with Crippen LogP contribution in [0.15, 0.2) is 24.3 Å². The molecule has 138 valence electrons. The maximum atomic E-state index is 12.6. The van der Waals surface area contributed by atoms with Gasteiger partial charge in [-0.15, -0.1) is 0 Å². The average Bonchev–Trinajstić information content (AvgIpc) is 2.61. The highest BCUT2D eigenvalue weighted by molar-refractivity contribution is 6.03. The molecule has 1 aliphatic heterocycles. The molecule has 1 aromatic heterocycles. The van der Waals surface area contributed by atoms with E-state index in [2.05, 4.69) is 34.4 Å². The average molecular weight is 356 g/mol. The van der Waals surface area contributed by atoms with Crippen molar-refractivity contribution in [2.24, 2.45) is 5.92 Å². The minimum absolute atomic E-state index is 0.293. The number of carbonyl (C=O) groups excluding carboxylic acids is 1. The molecule has 0 aliphatic carbocycles. The van der Waals surface area contributed by atoms with Crippen LogP contribution in [0.2, 0.25) is 0 Å². The molecule has 0 unspecified atom stereocenters. The SMILES string of the molecule is Cc1cc(C(=O)Nc2ccc3c(c2)OCCO3)nc(NCCC(C)C)n1. The van der Waals surface area contributed by atoms with Gasteiger partial charge in [0.15, 0.2) is 11.5 Å². The van der Waals surface area contributed by atoms with Crippen LogP contribution in [-0.2, 0) is 0 Å². The Morgan fingerprint density at radius 3 is 2.69 bits per heavy atom. The molecular weight excluding hydrogens is 332 g/mol. The Hall–Kier alpha value is -2.83. The van der Waals surface area contributed by atoms with Gasteiger partial charge in [-0.3, -0.25) is 4.79 Å². The highest BCUT2D eigenvalue weighted by atomic mass is 16.6. The van der Waals surface area contributed by atoms with Gasteiger partial charge in [0, 0.05) is 24.0 Å². The Labute approximate surface area is 153 Å². The topological polar surface area (TPSA) is 85.4 Å². The maximum Gasteiger partial charge on any atom is 0.274 e. The summed E-state index contributed by atoms with van der Waals surface area (Å²) in [5.41, 5.74) is 1.68. The van der Waals surface area contributed by atoms with E-state index in [1.54, 1.807) is 24.3 Å². The number of carbonyl (C=O) groups is 1. The molecule has 0 fully saturated rings. The summed E-state index contributed by atoms with van der Waals surface area (Å²) in [6, 6.07) is 6.98. The van der Waals surface area contributed by atoms with Crippen LogP contribution >= 0.6 is 0 Å². The predicted octanol–water partition coefficient (Wildman–Crippen LogP) is 3.27. The molecule has 2 N–H and O–H groups in total. The van der Waals surface area contributed by atoms with Crippen molar-refractivity contribution in [3.63, 3.8) is 0 Å². The molecular formula is C19H24N4O3. The monoisotopic (exact) mass is 356 g/mol. The number of rotatable bonds is 6. The van der Waals surface area contributed by atoms with Crippen LogP contribution in [0.1, 0.15) is 36.5 Å². The van der Waals surface area contributed by atoms with Gasteiger partial charge < -0.3 is 20.1 Å². The number of benzene rings is 1. The molecule has 26 heavy (non-hydrogen) atoms. The van der Waals surface area contributed by atoms with E-state index in [1.165, 1.54) is 0 Å². The standard InChI is InChI=1S/C19H24N4O3/c1-12(2)6-7-20-19-21-13(3)10-15(23-19)18(24)22-14-4-5-16-17(11-14)26-9-8-25-16/h4-5,10-12H,6-9H2,1-3H3,(H,22,24)(H,20,21,23). The van der Waals surface area contributed by atoms with Crippen LogP contribution in [-0.4, -0.2) is 35.6 Å². The Morgan fingerprint density at radius 2 is 1.92 bits per heavy atom. The number of anilines is 2. The van der Waals surface area contributed by atoms with Crippen molar-refractivity contribution >= 4 is 17.5 Å². The fourth-order valence-electron chi connectivity index (χ4n) is 2.55. The summed E-state index contributed by atoms with van der Waals surface area (Å²) >= 11 is 0. The van der Waals surface area contributed by atoms with E-state index in [0.717, 1.165) is 18.7 Å². The number of ether oxygens (including phenoxy) is 2. The van der Waals surface area contributed by atoms with Gasteiger partial charge in [0.2, 0.25) is 5.95 Å². The maximum absolute atomic E-state index is 12.6. The Kier molecular flexibility index (Phi) is 5.55. The van der Waals surface area contributed by atoms with Gasteiger partial charge in [0.05, 0.1) is 0 Å². The summed E-state index contributed by atoms with van der Waals surface area (Å²) in [6.45, 7) is 7.96. The number of amides is 1. The van der Waals surface area contributed by atoms with Gasteiger partial charge in [0.25, 0.3) is 5.91 Å². The fourth-order valence-corrected chi connectivity index (χ4v) is 2.55. The largest absolute Gasteiger partial charge is 0.486 e. The molecule has 7 nitrogen and oxygen atoms in total. The normalized spacial score (nSPS) is 12.8. The van der Waals surface area contributed by atoms with Crippen molar-refractivity contribution in [2.75, 3.05) is 30.4 Å². The molecule has 1 aromatic carbocycles. The first-order valence-electron chi connectivity index (χ1n) is 8.82. The number of aromatic nitrogens is 2. The first kappa shape index (κ1) is 18.0. The number of nitrogens with zero attached hydrogens (tertiary/aromatic N) is 2. The summed E-state index contributed by atoms with van der Waals surface area (Å²) in [5.74, 6) is 2.08. The van der Waals surface area contributed by atoms with Gasteiger partial charge in [0.1, 0.15) is 18.9 Å². The Balaban J connectivity index is 1.70. The fraction of sp³-hybridized carbons (Fsp3) is 0.421. The lowest BCUT2D eigenvalue weighted by Gasteiger charge is -2.19. The summed E-state index contributed by atoms with van der Waals surface area (Å²) in [5, 5.41) is 6.02. The van der Waals surface area contributed by atoms with Crippen LogP contribution in [0.5, 0.6) is 11.5 Å². The van der Waals surface area contributed by atoms with Gasteiger partial charge in [-0.25, -0.2) is 9.97 Å². The van der Waals surface area contributed by atoms with E-state index >= 15 is 0 Å². The first-order chi connectivity index (χ1) is 12.5. The molecule has 7 heteroatoms. The molecule has 1 aliphatic rings. The van der Waals surface area contributed by atoms with Crippen molar-refractivity contribution < 1.29 is 14.3 Å². The van der Waals surface area contributed by atoms with Gasteiger partial charge >= 0.3 is 0 Å². The second-order valence-corrected chi connectivity index (χ2v) is 6.64. The number of hydrogen-bond donors (Lipinski definition) is 2. The highest BCUT2D eigenvalue weighted by Crippen LogP contribution is 2.32. The zero-order chi connectivity index (χ0) is 18.5. The third-order valence-electron chi connectivity index (χ3n) is 3.89. The summed E-state index contributed by atoms with van der Waals surface area (Å²) in [7, 11) is 0. The summed E-state index contributed by atoms with van der Waals surface area (Å²) in [4.78, 5) is 21.2. The Bertz CT molecular complexity index is 792. The minimum Gasteiger partial charge on any atom is -0.486 e. The zero-order valence-electron chi connectivity index (χ0n) is 15.3.